The van der Waals surface area contributed by atoms with Crippen molar-refractivity contribution in [1.29, 1.82) is 0 Å². The van der Waals surface area contributed by atoms with E-state index in [1.54, 1.807) is 0 Å². The third kappa shape index (κ3) is 3.65. The number of nitrogens with zero attached hydrogens (tertiary/aromatic N) is 1. The van der Waals surface area contributed by atoms with Crippen LogP contribution in [0.2, 0.25) is 0 Å². The van der Waals surface area contributed by atoms with Crippen LogP contribution in [0.15, 0.2) is 12.3 Å². The lowest BCUT2D eigenvalue weighted by molar-refractivity contribution is -0.154. The molecule has 0 fully saturated rings. The van der Waals surface area contributed by atoms with E-state index in [0.29, 0.717) is 0 Å². The Morgan fingerprint density at radius 2 is 2.07 bits per heavy atom. The summed E-state index contributed by atoms with van der Waals surface area (Å²) >= 11 is 2.99. The molecule has 0 saturated heterocycles. The van der Waals surface area contributed by atoms with Crippen LogP contribution in [0.4, 0.5) is 17.6 Å². The van der Waals surface area contributed by atoms with Gasteiger partial charge in [0, 0.05) is 17.1 Å². The summed E-state index contributed by atoms with van der Waals surface area (Å²) in [6, 6.07) is 1.35. The molecule has 0 aliphatic heterocycles. The zero-order valence-corrected chi connectivity index (χ0v) is 8.90. The Morgan fingerprint density at radius 1 is 1.40 bits per heavy atom. The maximum atomic E-state index is 13.3. The molecule has 15 heavy (non-hydrogen) atoms. The van der Waals surface area contributed by atoms with Gasteiger partial charge in [-0.3, -0.25) is 0 Å². The van der Waals surface area contributed by atoms with Gasteiger partial charge in [-0.05, 0) is 6.07 Å². The molecule has 0 aliphatic rings. The highest BCUT2D eigenvalue weighted by Crippen LogP contribution is 2.22. The van der Waals surface area contributed by atoms with E-state index in [-0.39, 0.29) is 10.9 Å². The molecule has 0 bridgehead atoms. The number of pyridine rings is 1. The van der Waals surface area contributed by atoms with Gasteiger partial charge in [-0.2, -0.15) is 13.2 Å². The van der Waals surface area contributed by atoms with Crippen molar-refractivity contribution in [3.05, 3.63) is 23.6 Å². The summed E-state index contributed by atoms with van der Waals surface area (Å²) in [6.07, 6.45) is -3.32. The smallest absolute Gasteiger partial charge is 0.422 e. The van der Waals surface area contributed by atoms with E-state index in [0.717, 1.165) is 0 Å². The van der Waals surface area contributed by atoms with E-state index in [1.807, 2.05) is 0 Å². The quantitative estimate of drug-likeness (QED) is 0.630. The van der Waals surface area contributed by atoms with Crippen LogP contribution in [-0.2, 0) is 5.33 Å². The molecule has 84 valence electrons. The average molecular weight is 288 g/mol. The lowest BCUT2D eigenvalue weighted by Gasteiger charge is -2.09. The van der Waals surface area contributed by atoms with Gasteiger partial charge in [-0.15, -0.1) is 0 Å². The number of hydrogen-bond donors (Lipinski definition) is 0. The molecule has 0 unspecified atom stereocenters. The molecule has 0 amide bonds. The first-order valence-corrected chi connectivity index (χ1v) is 4.95. The van der Waals surface area contributed by atoms with Crippen molar-refractivity contribution < 1.29 is 22.3 Å². The first-order valence-electron chi connectivity index (χ1n) is 3.83. The fourth-order valence-corrected chi connectivity index (χ4v) is 1.25. The van der Waals surface area contributed by atoms with Crippen molar-refractivity contribution in [2.75, 3.05) is 6.61 Å². The fourth-order valence-electron chi connectivity index (χ4n) is 0.816. The van der Waals surface area contributed by atoms with Crippen molar-refractivity contribution in [1.82, 2.24) is 4.98 Å². The molecular formula is C8H6BrF4NO. The fraction of sp³-hybridized carbons (Fsp3) is 0.375. The Morgan fingerprint density at radius 3 is 2.60 bits per heavy atom. The van der Waals surface area contributed by atoms with Gasteiger partial charge in [-0.1, -0.05) is 15.9 Å². The SMILES string of the molecule is Fc1c(CBr)ccnc1OCC(F)(F)F. The maximum absolute atomic E-state index is 13.3. The summed E-state index contributed by atoms with van der Waals surface area (Å²) in [5, 5.41) is 0.184. The minimum Gasteiger partial charge on any atom is -0.466 e. The molecule has 2 nitrogen and oxygen atoms in total. The van der Waals surface area contributed by atoms with Crippen molar-refractivity contribution >= 4 is 15.9 Å². The van der Waals surface area contributed by atoms with Gasteiger partial charge in [0.25, 0.3) is 5.88 Å². The number of alkyl halides is 4. The van der Waals surface area contributed by atoms with Crippen LogP contribution in [0.1, 0.15) is 5.56 Å². The number of aromatic nitrogens is 1. The minimum atomic E-state index is -4.50. The third-order valence-corrected chi connectivity index (χ3v) is 2.06. The summed E-state index contributed by atoms with van der Waals surface area (Å²) in [4.78, 5) is 3.37. The molecule has 1 aromatic heterocycles. The van der Waals surface area contributed by atoms with Crippen LogP contribution in [0.25, 0.3) is 0 Å². The molecule has 7 heteroatoms. The highest BCUT2D eigenvalue weighted by molar-refractivity contribution is 9.08. The molecule has 1 heterocycles. The Labute approximate surface area is 91.4 Å². The number of halogens is 5. The summed E-state index contributed by atoms with van der Waals surface area (Å²) < 4.78 is 52.8. The Hall–Kier alpha value is -0.850. The predicted molar refractivity (Wildman–Crippen MR) is 48.4 cm³/mol. The number of hydrogen-bond acceptors (Lipinski definition) is 2. The largest absolute Gasteiger partial charge is 0.466 e. The first kappa shape index (κ1) is 12.2. The molecule has 0 saturated carbocycles. The summed E-state index contributed by atoms with van der Waals surface area (Å²) in [5.74, 6) is -1.51. The molecule has 0 aromatic carbocycles. The van der Waals surface area contributed by atoms with E-state index < -0.39 is 24.5 Å². The summed E-state index contributed by atoms with van der Waals surface area (Å²) in [6.45, 7) is -1.55. The highest BCUT2D eigenvalue weighted by atomic mass is 79.9. The van der Waals surface area contributed by atoms with Gasteiger partial charge in [0.05, 0.1) is 0 Å². The second-order valence-corrected chi connectivity index (χ2v) is 3.19. The monoisotopic (exact) mass is 287 g/mol. The number of ether oxygens (including phenoxy) is 1. The Balaban J connectivity index is 2.78. The first-order chi connectivity index (χ1) is 6.94. The van der Waals surface area contributed by atoms with Crippen molar-refractivity contribution in [3.8, 4) is 5.88 Å². The van der Waals surface area contributed by atoms with Gasteiger partial charge in [-0.25, -0.2) is 9.37 Å². The van der Waals surface area contributed by atoms with Gasteiger partial charge in [0.1, 0.15) is 0 Å². The molecule has 0 radical (unpaired) electrons. The van der Waals surface area contributed by atoms with E-state index in [2.05, 4.69) is 25.7 Å². The minimum absolute atomic E-state index is 0.184. The number of rotatable bonds is 3. The lowest BCUT2D eigenvalue weighted by Crippen LogP contribution is -2.20. The van der Waals surface area contributed by atoms with Crippen LogP contribution < -0.4 is 4.74 Å². The average Bonchev–Trinajstić information content (AvgIpc) is 2.15. The van der Waals surface area contributed by atoms with Crippen LogP contribution in [-0.4, -0.2) is 17.8 Å². The molecule has 1 rings (SSSR count). The second-order valence-electron chi connectivity index (χ2n) is 2.63. The zero-order valence-electron chi connectivity index (χ0n) is 7.31. The van der Waals surface area contributed by atoms with Gasteiger partial charge < -0.3 is 4.74 Å². The van der Waals surface area contributed by atoms with E-state index in [4.69, 9.17) is 0 Å². The van der Waals surface area contributed by atoms with Gasteiger partial charge in [0.15, 0.2) is 12.4 Å². The van der Waals surface area contributed by atoms with Crippen LogP contribution in [0.3, 0.4) is 0 Å². The molecular weight excluding hydrogens is 282 g/mol. The standard InChI is InChI=1S/C8H6BrF4NO/c9-3-5-1-2-14-7(6(5)10)15-4-8(11,12)13/h1-2H,3-4H2. The van der Waals surface area contributed by atoms with Crippen molar-refractivity contribution in [3.63, 3.8) is 0 Å². The van der Waals surface area contributed by atoms with Crippen molar-refractivity contribution in [2.45, 2.75) is 11.5 Å². The summed E-state index contributed by atoms with van der Waals surface area (Å²) in [5.41, 5.74) is 0.196. The topological polar surface area (TPSA) is 22.1 Å². The lowest BCUT2D eigenvalue weighted by atomic mass is 10.3. The predicted octanol–water partition coefficient (Wildman–Crippen LogP) is 3.06. The Kier molecular flexibility index (Phi) is 3.90. The van der Waals surface area contributed by atoms with Crippen LogP contribution in [0, 0.1) is 5.82 Å². The van der Waals surface area contributed by atoms with Crippen LogP contribution in [0.5, 0.6) is 5.88 Å². The van der Waals surface area contributed by atoms with E-state index in [1.165, 1.54) is 12.3 Å². The second kappa shape index (κ2) is 4.78. The normalized spacial score (nSPS) is 11.5. The zero-order chi connectivity index (χ0) is 11.5. The van der Waals surface area contributed by atoms with Crippen molar-refractivity contribution in [2.24, 2.45) is 0 Å². The Bertz CT molecular complexity index is 342. The molecule has 0 N–H and O–H groups in total. The van der Waals surface area contributed by atoms with Gasteiger partial charge in [0.2, 0.25) is 0 Å². The highest BCUT2D eigenvalue weighted by Gasteiger charge is 2.29. The molecule has 0 atom stereocenters. The molecule has 0 aliphatic carbocycles. The summed E-state index contributed by atoms with van der Waals surface area (Å²) in [7, 11) is 0. The van der Waals surface area contributed by atoms with Crippen LogP contribution >= 0.6 is 15.9 Å². The maximum Gasteiger partial charge on any atom is 0.422 e. The van der Waals surface area contributed by atoms with E-state index in [9.17, 15) is 17.6 Å². The molecule has 0 spiro atoms. The van der Waals surface area contributed by atoms with E-state index >= 15 is 0 Å². The molecule has 1 aromatic rings. The third-order valence-electron chi connectivity index (χ3n) is 1.45. The van der Waals surface area contributed by atoms with Gasteiger partial charge >= 0.3 is 6.18 Å².